The summed E-state index contributed by atoms with van der Waals surface area (Å²) < 4.78 is 5.47. The molecule has 3 nitrogen and oxygen atoms in total. The first kappa shape index (κ1) is 14.5. The molecule has 0 bridgehead atoms. The SMILES string of the molecule is C[C@H](OC(=O)c1ccc2ccccc2n1)c1ccccc1Cl. The van der Waals surface area contributed by atoms with E-state index in [2.05, 4.69) is 4.98 Å². The molecular weight excluding hydrogens is 298 g/mol. The molecule has 3 aromatic rings. The second-order valence-corrected chi connectivity index (χ2v) is 5.37. The van der Waals surface area contributed by atoms with Gasteiger partial charge in [-0.05, 0) is 25.1 Å². The molecule has 1 atom stereocenters. The molecule has 0 radical (unpaired) electrons. The second kappa shape index (κ2) is 6.16. The minimum atomic E-state index is -0.460. The summed E-state index contributed by atoms with van der Waals surface area (Å²) >= 11 is 6.12. The highest BCUT2D eigenvalue weighted by Crippen LogP contribution is 2.25. The Morgan fingerprint density at radius 1 is 1.05 bits per heavy atom. The Morgan fingerprint density at radius 3 is 2.59 bits per heavy atom. The van der Waals surface area contributed by atoms with Gasteiger partial charge in [0.2, 0.25) is 0 Å². The number of halogens is 1. The normalized spacial score (nSPS) is 12.1. The second-order valence-electron chi connectivity index (χ2n) is 4.96. The Kier molecular flexibility index (Phi) is 4.07. The van der Waals surface area contributed by atoms with Crippen molar-refractivity contribution in [1.29, 1.82) is 0 Å². The molecule has 0 unspecified atom stereocenters. The van der Waals surface area contributed by atoms with E-state index >= 15 is 0 Å². The fraction of sp³-hybridized carbons (Fsp3) is 0.111. The average Bonchev–Trinajstić information content (AvgIpc) is 2.54. The highest BCUT2D eigenvalue weighted by atomic mass is 35.5. The van der Waals surface area contributed by atoms with E-state index in [4.69, 9.17) is 16.3 Å². The van der Waals surface area contributed by atoms with Gasteiger partial charge in [0.25, 0.3) is 0 Å². The van der Waals surface area contributed by atoms with E-state index in [0.29, 0.717) is 5.02 Å². The van der Waals surface area contributed by atoms with Crippen molar-refractivity contribution in [3.8, 4) is 0 Å². The molecule has 0 saturated carbocycles. The molecule has 0 fully saturated rings. The summed E-state index contributed by atoms with van der Waals surface area (Å²) in [6.45, 7) is 1.79. The van der Waals surface area contributed by atoms with Crippen LogP contribution in [0.5, 0.6) is 0 Å². The molecule has 4 heteroatoms. The highest BCUT2D eigenvalue weighted by molar-refractivity contribution is 6.31. The van der Waals surface area contributed by atoms with Crippen molar-refractivity contribution < 1.29 is 9.53 Å². The van der Waals surface area contributed by atoms with E-state index in [1.54, 1.807) is 19.1 Å². The molecule has 0 spiro atoms. The molecule has 110 valence electrons. The van der Waals surface area contributed by atoms with Crippen LogP contribution >= 0.6 is 11.6 Å². The molecular formula is C18H14ClNO2. The lowest BCUT2D eigenvalue weighted by molar-refractivity contribution is 0.0331. The monoisotopic (exact) mass is 311 g/mol. The smallest absolute Gasteiger partial charge is 0.357 e. The maximum atomic E-state index is 12.3. The van der Waals surface area contributed by atoms with Gasteiger partial charge in [-0.1, -0.05) is 54.1 Å². The van der Waals surface area contributed by atoms with Gasteiger partial charge >= 0.3 is 5.97 Å². The minimum absolute atomic E-state index is 0.289. The highest BCUT2D eigenvalue weighted by Gasteiger charge is 2.17. The van der Waals surface area contributed by atoms with Crippen LogP contribution in [-0.4, -0.2) is 11.0 Å². The third-order valence-corrected chi connectivity index (χ3v) is 3.78. The summed E-state index contributed by atoms with van der Waals surface area (Å²) in [5, 5.41) is 1.56. The van der Waals surface area contributed by atoms with Crippen molar-refractivity contribution in [3.63, 3.8) is 0 Å². The number of fused-ring (bicyclic) bond motifs is 1. The van der Waals surface area contributed by atoms with E-state index < -0.39 is 12.1 Å². The lowest BCUT2D eigenvalue weighted by atomic mass is 10.1. The molecule has 3 rings (SSSR count). The van der Waals surface area contributed by atoms with Gasteiger partial charge < -0.3 is 4.74 Å². The van der Waals surface area contributed by atoms with Crippen molar-refractivity contribution >= 4 is 28.5 Å². The summed E-state index contributed by atoms with van der Waals surface area (Å²) in [6, 6.07) is 18.5. The summed E-state index contributed by atoms with van der Waals surface area (Å²) in [6.07, 6.45) is -0.436. The van der Waals surface area contributed by atoms with Gasteiger partial charge in [-0.25, -0.2) is 9.78 Å². The summed E-state index contributed by atoms with van der Waals surface area (Å²) in [5.41, 5.74) is 1.83. The Morgan fingerprint density at radius 2 is 1.77 bits per heavy atom. The van der Waals surface area contributed by atoms with Gasteiger partial charge in [0.1, 0.15) is 11.8 Å². The van der Waals surface area contributed by atoms with Crippen molar-refractivity contribution in [1.82, 2.24) is 4.98 Å². The number of hydrogen-bond acceptors (Lipinski definition) is 3. The van der Waals surface area contributed by atoms with E-state index in [9.17, 15) is 4.79 Å². The predicted octanol–water partition coefficient (Wildman–Crippen LogP) is 4.81. The molecule has 0 saturated heterocycles. The van der Waals surface area contributed by atoms with Crippen LogP contribution < -0.4 is 0 Å². The lowest BCUT2D eigenvalue weighted by Gasteiger charge is -2.14. The first-order valence-electron chi connectivity index (χ1n) is 6.96. The quantitative estimate of drug-likeness (QED) is 0.652. The number of ether oxygens (including phenoxy) is 1. The van der Waals surface area contributed by atoms with E-state index in [1.165, 1.54) is 0 Å². The number of carbonyl (C=O) groups excluding carboxylic acids is 1. The fourth-order valence-electron chi connectivity index (χ4n) is 2.27. The number of aromatic nitrogens is 1. The Balaban J connectivity index is 1.82. The van der Waals surface area contributed by atoms with Gasteiger partial charge in [-0.3, -0.25) is 0 Å². The number of esters is 1. The number of hydrogen-bond donors (Lipinski definition) is 0. The third kappa shape index (κ3) is 2.95. The minimum Gasteiger partial charge on any atom is -0.453 e. The molecule has 0 amide bonds. The van der Waals surface area contributed by atoms with Crippen LogP contribution in [0.4, 0.5) is 0 Å². The molecule has 22 heavy (non-hydrogen) atoms. The number of pyridine rings is 1. The Hall–Kier alpha value is -2.39. The predicted molar refractivity (Wildman–Crippen MR) is 87.0 cm³/mol. The average molecular weight is 312 g/mol. The molecule has 0 aliphatic heterocycles. The van der Waals surface area contributed by atoms with Gasteiger partial charge in [0, 0.05) is 16.0 Å². The zero-order valence-electron chi connectivity index (χ0n) is 12.0. The van der Waals surface area contributed by atoms with E-state index in [0.717, 1.165) is 16.5 Å². The van der Waals surface area contributed by atoms with Crippen molar-refractivity contribution in [2.45, 2.75) is 13.0 Å². The Labute approximate surface area is 133 Å². The van der Waals surface area contributed by atoms with Crippen molar-refractivity contribution in [3.05, 3.63) is 76.9 Å². The molecule has 0 aliphatic rings. The maximum Gasteiger partial charge on any atom is 0.357 e. The zero-order valence-corrected chi connectivity index (χ0v) is 12.7. The number of para-hydroxylation sites is 1. The van der Waals surface area contributed by atoms with Crippen LogP contribution in [-0.2, 0) is 4.74 Å². The van der Waals surface area contributed by atoms with Crippen molar-refractivity contribution in [2.75, 3.05) is 0 Å². The molecule has 1 heterocycles. The summed E-state index contributed by atoms with van der Waals surface area (Å²) in [4.78, 5) is 16.6. The molecule has 0 N–H and O–H groups in total. The molecule has 2 aromatic carbocycles. The van der Waals surface area contributed by atoms with Gasteiger partial charge in [0.15, 0.2) is 0 Å². The van der Waals surface area contributed by atoms with Gasteiger partial charge in [-0.15, -0.1) is 0 Å². The number of nitrogens with zero attached hydrogens (tertiary/aromatic N) is 1. The fourth-order valence-corrected chi connectivity index (χ4v) is 2.56. The largest absolute Gasteiger partial charge is 0.453 e. The van der Waals surface area contributed by atoms with Gasteiger partial charge in [0.05, 0.1) is 5.52 Å². The van der Waals surface area contributed by atoms with E-state index in [1.807, 2.05) is 48.5 Å². The lowest BCUT2D eigenvalue weighted by Crippen LogP contribution is -2.11. The number of carbonyl (C=O) groups is 1. The number of rotatable bonds is 3. The standard InChI is InChI=1S/C18H14ClNO2/c1-12(14-7-3-4-8-15(14)19)22-18(21)17-11-10-13-6-2-5-9-16(13)20-17/h2-12H,1H3/t12-/m0/s1. The topological polar surface area (TPSA) is 39.2 Å². The number of benzene rings is 2. The van der Waals surface area contributed by atoms with Crippen LogP contribution in [0, 0.1) is 0 Å². The molecule has 0 aliphatic carbocycles. The first-order chi connectivity index (χ1) is 10.6. The maximum absolute atomic E-state index is 12.3. The zero-order chi connectivity index (χ0) is 15.5. The Bertz CT molecular complexity index is 832. The van der Waals surface area contributed by atoms with Crippen molar-refractivity contribution in [2.24, 2.45) is 0 Å². The third-order valence-electron chi connectivity index (χ3n) is 3.43. The molecule has 1 aromatic heterocycles. The van der Waals surface area contributed by atoms with Crippen LogP contribution in [0.15, 0.2) is 60.7 Å². The van der Waals surface area contributed by atoms with Crippen LogP contribution in [0.1, 0.15) is 29.1 Å². The summed E-state index contributed by atoms with van der Waals surface area (Å²) in [7, 11) is 0. The van der Waals surface area contributed by atoms with Gasteiger partial charge in [-0.2, -0.15) is 0 Å². The first-order valence-corrected chi connectivity index (χ1v) is 7.34. The van der Waals surface area contributed by atoms with E-state index in [-0.39, 0.29) is 5.69 Å². The van der Waals surface area contributed by atoms with Crippen LogP contribution in [0.2, 0.25) is 5.02 Å². The van der Waals surface area contributed by atoms with Crippen LogP contribution in [0.3, 0.4) is 0 Å². The summed E-state index contributed by atoms with van der Waals surface area (Å²) in [5.74, 6) is -0.460. The van der Waals surface area contributed by atoms with Crippen LogP contribution in [0.25, 0.3) is 10.9 Å².